The summed E-state index contributed by atoms with van der Waals surface area (Å²) in [5, 5.41) is 11.4. The first-order valence-corrected chi connectivity index (χ1v) is 6.07. The molecular weight excluding hydrogens is 220 g/mol. The molecule has 2 N–H and O–H groups in total. The van der Waals surface area contributed by atoms with E-state index < -0.39 is 5.97 Å². The summed E-state index contributed by atoms with van der Waals surface area (Å²) < 4.78 is 0. The first-order chi connectivity index (χ1) is 7.82. The number of aliphatic carboxylic acids is 1. The van der Waals surface area contributed by atoms with Crippen LogP contribution in [0, 0.1) is 5.41 Å². The molecule has 0 radical (unpaired) electrons. The van der Waals surface area contributed by atoms with Crippen molar-refractivity contribution in [1.82, 2.24) is 10.2 Å². The van der Waals surface area contributed by atoms with Gasteiger partial charge in [0.1, 0.15) is 0 Å². The van der Waals surface area contributed by atoms with Gasteiger partial charge in [-0.25, -0.2) is 4.79 Å². The summed E-state index contributed by atoms with van der Waals surface area (Å²) in [5.74, 6) is -0.884. The van der Waals surface area contributed by atoms with Gasteiger partial charge in [0.05, 0.1) is 6.42 Å². The highest BCUT2D eigenvalue weighted by atomic mass is 16.4. The Morgan fingerprint density at radius 3 is 2.29 bits per heavy atom. The lowest BCUT2D eigenvalue weighted by Gasteiger charge is -2.26. The lowest BCUT2D eigenvalue weighted by molar-refractivity contribution is -0.137. The van der Waals surface area contributed by atoms with Crippen LogP contribution in [0.25, 0.3) is 0 Å². The van der Waals surface area contributed by atoms with Crippen LogP contribution in [0.1, 0.15) is 40.5 Å². The molecule has 0 fully saturated rings. The number of nitrogens with one attached hydrogen (secondary N) is 1. The minimum atomic E-state index is -0.884. The number of hydrogen-bond acceptors (Lipinski definition) is 2. The second-order valence-electron chi connectivity index (χ2n) is 4.90. The molecule has 2 amide bonds. The minimum absolute atomic E-state index is 0.0154. The average Bonchev–Trinajstić information content (AvgIpc) is 2.27. The number of hydrogen-bond donors (Lipinski definition) is 2. The van der Waals surface area contributed by atoms with E-state index in [9.17, 15) is 9.59 Å². The van der Waals surface area contributed by atoms with Gasteiger partial charge in [-0.2, -0.15) is 0 Å². The Labute approximate surface area is 103 Å². The maximum absolute atomic E-state index is 11.8. The summed E-state index contributed by atoms with van der Waals surface area (Å²) in [6.45, 7) is 9.46. The smallest absolute Gasteiger partial charge is 0.317 e. The lowest BCUT2D eigenvalue weighted by Crippen LogP contribution is -2.44. The van der Waals surface area contributed by atoms with E-state index in [0.717, 1.165) is 6.42 Å². The molecule has 0 rings (SSSR count). The molecule has 0 aromatic heterocycles. The minimum Gasteiger partial charge on any atom is -0.481 e. The predicted octanol–water partition coefficient (Wildman–Crippen LogP) is 1.93. The summed E-state index contributed by atoms with van der Waals surface area (Å²) in [6, 6.07) is -0.185. The monoisotopic (exact) mass is 244 g/mol. The van der Waals surface area contributed by atoms with Gasteiger partial charge in [-0.05, 0) is 18.8 Å². The molecule has 0 aliphatic rings. The fourth-order valence-corrected chi connectivity index (χ4v) is 1.19. The van der Waals surface area contributed by atoms with E-state index >= 15 is 0 Å². The van der Waals surface area contributed by atoms with Crippen molar-refractivity contribution < 1.29 is 14.7 Å². The average molecular weight is 244 g/mol. The van der Waals surface area contributed by atoms with Gasteiger partial charge in [-0.15, -0.1) is 0 Å². The number of rotatable bonds is 7. The third-order valence-electron chi connectivity index (χ3n) is 2.94. The van der Waals surface area contributed by atoms with Crippen molar-refractivity contribution >= 4 is 12.0 Å². The van der Waals surface area contributed by atoms with Crippen LogP contribution < -0.4 is 5.32 Å². The number of carbonyl (C=O) groups is 2. The van der Waals surface area contributed by atoms with Gasteiger partial charge in [0.2, 0.25) is 0 Å². The third kappa shape index (κ3) is 6.81. The van der Waals surface area contributed by atoms with Crippen molar-refractivity contribution in [2.24, 2.45) is 5.41 Å². The van der Waals surface area contributed by atoms with Gasteiger partial charge in [-0.3, -0.25) is 4.79 Å². The molecule has 0 saturated heterocycles. The van der Waals surface area contributed by atoms with E-state index in [1.165, 1.54) is 4.90 Å². The van der Waals surface area contributed by atoms with Gasteiger partial charge < -0.3 is 15.3 Å². The van der Waals surface area contributed by atoms with E-state index in [4.69, 9.17) is 5.11 Å². The normalized spacial score (nSPS) is 11.1. The standard InChI is InChI=1S/C12H24N2O3/c1-5-12(3,4)9-13-11(17)14(6-2)8-7-10(15)16/h5-9H2,1-4H3,(H,13,17)(H,15,16). The third-order valence-corrected chi connectivity index (χ3v) is 2.94. The highest BCUT2D eigenvalue weighted by molar-refractivity contribution is 5.75. The molecule has 0 aliphatic heterocycles. The van der Waals surface area contributed by atoms with Crippen LogP contribution in [0.2, 0.25) is 0 Å². The van der Waals surface area contributed by atoms with E-state index in [-0.39, 0.29) is 24.4 Å². The van der Waals surface area contributed by atoms with Crippen LogP contribution in [0.5, 0.6) is 0 Å². The van der Waals surface area contributed by atoms with Gasteiger partial charge in [0.15, 0.2) is 0 Å². The second kappa shape index (κ2) is 7.14. The Balaban J connectivity index is 4.13. The largest absolute Gasteiger partial charge is 0.481 e. The molecule has 0 aromatic rings. The zero-order chi connectivity index (χ0) is 13.5. The first kappa shape index (κ1) is 15.7. The Hall–Kier alpha value is -1.26. The molecule has 5 nitrogen and oxygen atoms in total. The molecule has 0 unspecified atom stereocenters. The van der Waals surface area contributed by atoms with Crippen LogP contribution in [-0.2, 0) is 4.79 Å². The molecule has 17 heavy (non-hydrogen) atoms. The van der Waals surface area contributed by atoms with Crippen molar-refractivity contribution in [1.29, 1.82) is 0 Å². The van der Waals surface area contributed by atoms with Crippen LogP contribution in [0.15, 0.2) is 0 Å². The quantitative estimate of drug-likeness (QED) is 0.719. The number of carboxylic acid groups (broad SMARTS) is 1. The second-order valence-corrected chi connectivity index (χ2v) is 4.90. The summed E-state index contributed by atoms with van der Waals surface area (Å²) in [4.78, 5) is 23.7. The number of nitrogens with zero attached hydrogens (tertiary/aromatic N) is 1. The van der Waals surface area contributed by atoms with Crippen LogP contribution in [0.3, 0.4) is 0 Å². The molecule has 0 bridgehead atoms. The van der Waals surface area contributed by atoms with Crippen LogP contribution >= 0.6 is 0 Å². The highest BCUT2D eigenvalue weighted by Crippen LogP contribution is 2.17. The molecule has 100 valence electrons. The molecule has 5 heteroatoms. The van der Waals surface area contributed by atoms with Gasteiger partial charge in [0, 0.05) is 19.6 Å². The lowest BCUT2D eigenvalue weighted by atomic mass is 9.90. The number of urea groups is 1. The number of carbonyl (C=O) groups excluding carboxylic acids is 1. The summed E-state index contributed by atoms with van der Waals surface area (Å²) in [6.07, 6.45) is 0.965. The molecule has 0 aliphatic carbocycles. The fourth-order valence-electron chi connectivity index (χ4n) is 1.19. The topological polar surface area (TPSA) is 69.6 Å². The summed E-state index contributed by atoms with van der Waals surface area (Å²) in [7, 11) is 0. The van der Waals surface area contributed by atoms with Crippen molar-refractivity contribution in [3.8, 4) is 0 Å². The highest BCUT2D eigenvalue weighted by Gasteiger charge is 2.18. The Morgan fingerprint density at radius 1 is 1.29 bits per heavy atom. The van der Waals surface area contributed by atoms with Gasteiger partial charge in [-0.1, -0.05) is 20.8 Å². The van der Waals surface area contributed by atoms with E-state index in [1.54, 1.807) is 0 Å². The zero-order valence-corrected chi connectivity index (χ0v) is 11.2. The zero-order valence-electron chi connectivity index (χ0n) is 11.2. The van der Waals surface area contributed by atoms with E-state index in [1.807, 2.05) is 6.92 Å². The van der Waals surface area contributed by atoms with Crippen LogP contribution in [0.4, 0.5) is 4.79 Å². The maximum Gasteiger partial charge on any atom is 0.317 e. The van der Waals surface area contributed by atoms with E-state index in [0.29, 0.717) is 13.1 Å². The first-order valence-electron chi connectivity index (χ1n) is 6.07. The fraction of sp³-hybridized carbons (Fsp3) is 0.833. The van der Waals surface area contributed by atoms with Gasteiger partial charge in [0.25, 0.3) is 0 Å². The maximum atomic E-state index is 11.8. The summed E-state index contributed by atoms with van der Waals surface area (Å²) >= 11 is 0. The van der Waals surface area contributed by atoms with Gasteiger partial charge >= 0.3 is 12.0 Å². The SMILES string of the molecule is CCN(CCC(=O)O)C(=O)NCC(C)(C)CC. The molecule has 0 aromatic carbocycles. The number of carboxylic acids is 1. The van der Waals surface area contributed by atoms with Crippen molar-refractivity contribution in [2.45, 2.75) is 40.5 Å². The molecule has 0 atom stereocenters. The van der Waals surface area contributed by atoms with Crippen molar-refractivity contribution in [2.75, 3.05) is 19.6 Å². The Bertz CT molecular complexity index is 264. The van der Waals surface area contributed by atoms with Crippen molar-refractivity contribution in [3.63, 3.8) is 0 Å². The predicted molar refractivity (Wildman–Crippen MR) is 67.0 cm³/mol. The Morgan fingerprint density at radius 2 is 1.88 bits per heavy atom. The van der Waals surface area contributed by atoms with Crippen molar-refractivity contribution in [3.05, 3.63) is 0 Å². The number of amides is 2. The molecule has 0 spiro atoms. The van der Waals surface area contributed by atoms with Crippen LogP contribution in [-0.4, -0.2) is 41.6 Å². The van der Waals surface area contributed by atoms with E-state index in [2.05, 4.69) is 26.1 Å². The summed E-state index contributed by atoms with van der Waals surface area (Å²) in [5.41, 5.74) is 0.0713. The molecule has 0 heterocycles. The Kier molecular flexibility index (Phi) is 6.61. The molecular formula is C12H24N2O3. The molecule has 0 saturated carbocycles.